The topological polar surface area (TPSA) is 35.2 Å². The Morgan fingerprint density at radius 1 is 1.29 bits per heavy atom. The van der Waals surface area contributed by atoms with Crippen molar-refractivity contribution < 1.29 is 4.74 Å². The third-order valence-electron chi connectivity index (χ3n) is 2.71. The van der Waals surface area contributed by atoms with Gasteiger partial charge >= 0.3 is 0 Å². The minimum Gasteiger partial charge on any atom is -0.398 e. The first kappa shape index (κ1) is 9.99. The molecule has 3 heteroatoms. The van der Waals surface area contributed by atoms with Gasteiger partial charge in [-0.2, -0.15) is 0 Å². The van der Waals surface area contributed by atoms with Gasteiger partial charge in [0.1, 0.15) is 0 Å². The van der Waals surface area contributed by atoms with Crippen LogP contribution in [0.3, 0.4) is 0 Å². The number of ether oxygens (including phenoxy) is 1. The van der Waals surface area contributed by atoms with E-state index in [1.807, 2.05) is 12.1 Å². The zero-order valence-corrected chi connectivity index (χ0v) is 9.59. The maximum Gasteiger partial charge on any atom is 0.0471 e. The molecule has 1 aromatic rings. The lowest BCUT2D eigenvalue weighted by atomic mass is 9.91. The Balaban J connectivity index is 2.24. The summed E-state index contributed by atoms with van der Waals surface area (Å²) in [5.41, 5.74) is 8.13. The molecule has 0 unspecified atom stereocenters. The number of benzene rings is 1. The summed E-state index contributed by atoms with van der Waals surface area (Å²) in [6.07, 6.45) is 2.17. The molecule has 0 amide bonds. The van der Waals surface area contributed by atoms with Gasteiger partial charge in [0.2, 0.25) is 0 Å². The molecule has 0 saturated carbocycles. The first-order valence-electron chi connectivity index (χ1n) is 4.90. The average molecular weight is 256 g/mol. The van der Waals surface area contributed by atoms with Crippen LogP contribution in [0, 0.1) is 0 Å². The first-order chi connectivity index (χ1) is 6.77. The number of halogens is 1. The van der Waals surface area contributed by atoms with Crippen LogP contribution < -0.4 is 5.73 Å². The van der Waals surface area contributed by atoms with E-state index in [0.717, 1.165) is 36.2 Å². The number of hydrogen-bond donors (Lipinski definition) is 1. The van der Waals surface area contributed by atoms with Gasteiger partial charge < -0.3 is 10.5 Å². The number of hydrogen-bond acceptors (Lipinski definition) is 2. The van der Waals surface area contributed by atoms with Crippen LogP contribution in [0.2, 0.25) is 0 Å². The molecule has 0 radical (unpaired) electrons. The summed E-state index contributed by atoms with van der Waals surface area (Å²) in [6, 6.07) is 6.08. The van der Waals surface area contributed by atoms with Crippen molar-refractivity contribution in [2.45, 2.75) is 18.8 Å². The van der Waals surface area contributed by atoms with Crippen molar-refractivity contribution in [1.29, 1.82) is 0 Å². The maximum atomic E-state index is 5.96. The normalized spacial score (nSPS) is 18.4. The zero-order chi connectivity index (χ0) is 9.97. The second-order valence-electron chi connectivity index (χ2n) is 3.66. The number of rotatable bonds is 1. The van der Waals surface area contributed by atoms with Gasteiger partial charge in [0.25, 0.3) is 0 Å². The molecule has 0 aliphatic carbocycles. The van der Waals surface area contributed by atoms with Crippen LogP contribution in [0.5, 0.6) is 0 Å². The zero-order valence-electron chi connectivity index (χ0n) is 8.00. The van der Waals surface area contributed by atoms with Crippen molar-refractivity contribution in [3.05, 3.63) is 28.2 Å². The molecule has 1 aliphatic rings. The van der Waals surface area contributed by atoms with Crippen LogP contribution in [0.1, 0.15) is 24.3 Å². The van der Waals surface area contributed by atoms with Gasteiger partial charge in [0.05, 0.1) is 0 Å². The summed E-state index contributed by atoms with van der Waals surface area (Å²) in [4.78, 5) is 0. The van der Waals surface area contributed by atoms with Gasteiger partial charge in [-0.15, -0.1) is 0 Å². The second kappa shape index (κ2) is 4.32. The van der Waals surface area contributed by atoms with E-state index in [0.29, 0.717) is 5.92 Å². The van der Waals surface area contributed by atoms with Gasteiger partial charge in [-0.1, -0.05) is 15.9 Å². The third-order valence-corrected chi connectivity index (χ3v) is 3.20. The number of nitrogens with two attached hydrogens (primary N) is 1. The van der Waals surface area contributed by atoms with Crippen LogP contribution in [0.4, 0.5) is 5.69 Å². The highest BCUT2D eigenvalue weighted by molar-refractivity contribution is 9.10. The molecule has 2 N–H and O–H groups in total. The lowest BCUT2D eigenvalue weighted by molar-refractivity contribution is 0.0854. The van der Waals surface area contributed by atoms with E-state index in [1.165, 1.54) is 5.56 Å². The van der Waals surface area contributed by atoms with Crippen LogP contribution in [-0.2, 0) is 4.74 Å². The second-order valence-corrected chi connectivity index (χ2v) is 4.58. The van der Waals surface area contributed by atoms with E-state index < -0.39 is 0 Å². The highest BCUT2D eigenvalue weighted by Gasteiger charge is 2.17. The smallest absolute Gasteiger partial charge is 0.0471 e. The molecular formula is C11H14BrNO. The van der Waals surface area contributed by atoms with E-state index in [1.54, 1.807) is 0 Å². The Morgan fingerprint density at radius 3 is 2.71 bits per heavy atom. The Bertz CT molecular complexity index is 321. The van der Waals surface area contributed by atoms with Crippen LogP contribution in [-0.4, -0.2) is 13.2 Å². The summed E-state index contributed by atoms with van der Waals surface area (Å²) >= 11 is 3.48. The van der Waals surface area contributed by atoms with Crippen molar-refractivity contribution in [2.75, 3.05) is 18.9 Å². The number of nitrogen functional groups attached to an aromatic ring is 1. The highest BCUT2D eigenvalue weighted by Crippen LogP contribution is 2.32. The summed E-state index contributed by atoms with van der Waals surface area (Å²) in [7, 11) is 0. The molecule has 2 rings (SSSR count). The Labute approximate surface area is 92.6 Å². The summed E-state index contributed by atoms with van der Waals surface area (Å²) in [5.74, 6) is 0.571. The van der Waals surface area contributed by atoms with Crippen molar-refractivity contribution in [3.8, 4) is 0 Å². The maximum absolute atomic E-state index is 5.96. The van der Waals surface area contributed by atoms with Crippen molar-refractivity contribution >= 4 is 21.6 Å². The van der Waals surface area contributed by atoms with Crippen LogP contribution in [0.15, 0.2) is 22.7 Å². The first-order valence-corrected chi connectivity index (χ1v) is 5.69. The van der Waals surface area contributed by atoms with E-state index in [2.05, 4.69) is 22.0 Å². The van der Waals surface area contributed by atoms with E-state index in [9.17, 15) is 0 Å². The predicted molar refractivity (Wildman–Crippen MR) is 61.3 cm³/mol. The molecular weight excluding hydrogens is 242 g/mol. The Morgan fingerprint density at radius 2 is 2.00 bits per heavy atom. The minimum atomic E-state index is 0.571. The molecule has 0 spiro atoms. The monoisotopic (exact) mass is 255 g/mol. The molecule has 0 aromatic heterocycles. The van der Waals surface area contributed by atoms with Crippen LogP contribution >= 0.6 is 15.9 Å². The Hall–Kier alpha value is -0.540. The molecule has 1 aromatic carbocycles. The van der Waals surface area contributed by atoms with Crippen molar-refractivity contribution in [2.24, 2.45) is 0 Å². The van der Waals surface area contributed by atoms with Gasteiger partial charge in [-0.05, 0) is 42.5 Å². The molecule has 14 heavy (non-hydrogen) atoms. The van der Waals surface area contributed by atoms with Crippen molar-refractivity contribution in [3.63, 3.8) is 0 Å². The minimum absolute atomic E-state index is 0.571. The summed E-state index contributed by atoms with van der Waals surface area (Å²) in [5, 5.41) is 0. The largest absolute Gasteiger partial charge is 0.398 e. The molecule has 1 aliphatic heterocycles. The molecule has 1 fully saturated rings. The van der Waals surface area contributed by atoms with Crippen molar-refractivity contribution in [1.82, 2.24) is 0 Å². The SMILES string of the molecule is Nc1ccc(Br)cc1C1CCOCC1. The predicted octanol–water partition coefficient (Wildman–Crippen LogP) is 2.93. The lowest BCUT2D eigenvalue weighted by Gasteiger charge is -2.23. The fraction of sp³-hybridized carbons (Fsp3) is 0.455. The van der Waals surface area contributed by atoms with Gasteiger partial charge in [0.15, 0.2) is 0 Å². The molecule has 1 saturated heterocycles. The van der Waals surface area contributed by atoms with E-state index in [4.69, 9.17) is 10.5 Å². The van der Waals surface area contributed by atoms with Crippen LogP contribution in [0.25, 0.3) is 0 Å². The quantitative estimate of drug-likeness (QED) is 0.784. The molecule has 0 bridgehead atoms. The highest BCUT2D eigenvalue weighted by atomic mass is 79.9. The number of anilines is 1. The molecule has 76 valence electrons. The lowest BCUT2D eigenvalue weighted by Crippen LogP contribution is -2.15. The standard InChI is InChI=1S/C11H14BrNO/c12-9-1-2-11(13)10(7-9)8-3-5-14-6-4-8/h1-2,7-8H,3-6,13H2. The van der Waals surface area contributed by atoms with Gasteiger partial charge in [0, 0.05) is 23.4 Å². The fourth-order valence-electron chi connectivity index (χ4n) is 1.91. The summed E-state index contributed by atoms with van der Waals surface area (Å²) < 4.78 is 6.44. The Kier molecular flexibility index (Phi) is 3.08. The third kappa shape index (κ3) is 2.10. The molecule has 2 nitrogen and oxygen atoms in total. The van der Waals surface area contributed by atoms with E-state index >= 15 is 0 Å². The molecule has 0 atom stereocenters. The van der Waals surface area contributed by atoms with Gasteiger partial charge in [-0.25, -0.2) is 0 Å². The average Bonchev–Trinajstić information content (AvgIpc) is 2.23. The molecule has 1 heterocycles. The fourth-order valence-corrected chi connectivity index (χ4v) is 2.29. The van der Waals surface area contributed by atoms with E-state index in [-0.39, 0.29) is 0 Å². The summed E-state index contributed by atoms with van der Waals surface area (Å²) in [6.45, 7) is 1.72. The van der Waals surface area contributed by atoms with Gasteiger partial charge in [-0.3, -0.25) is 0 Å².